The second-order valence-electron chi connectivity index (χ2n) is 5.31. The Balaban J connectivity index is 2.02. The SMILES string of the molecule is CC(C)(CNc1ccc(CO)nn1)c1ccc(F)cc1. The summed E-state index contributed by atoms with van der Waals surface area (Å²) in [6.45, 7) is 4.67. The summed E-state index contributed by atoms with van der Waals surface area (Å²) in [7, 11) is 0. The largest absolute Gasteiger partial charge is 0.390 e. The molecule has 0 saturated heterocycles. The Morgan fingerprint density at radius 3 is 2.35 bits per heavy atom. The molecule has 0 unspecified atom stereocenters. The third-order valence-electron chi connectivity index (χ3n) is 3.22. The zero-order valence-electron chi connectivity index (χ0n) is 11.6. The van der Waals surface area contributed by atoms with Gasteiger partial charge >= 0.3 is 0 Å². The minimum absolute atomic E-state index is 0.117. The molecule has 0 aliphatic carbocycles. The molecule has 0 saturated carbocycles. The number of nitrogens with one attached hydrogen (secondary N) is 1. The van der Waals surface area contributed by atoms with Crippen molar-refractivity contribution < 1.29 is 9.50 Å². The van der Waals surface area contributed by atoms with Gasteiger partial charge in [0.15, 0.2) is 0 Å². The van der Waals surface area contributed by atoms with Crippen LogP contribution in [0.4, 0.5) is 10.2 Å². The average molecular weight is 275 g/mol. The molecule has 5 heteroatoms. The smallest absolute Gasteiger partial charge is 0.148 e. The highest BCUT2D eigenvalue weighted by molar-refractivity contribution is 5.35. The third-order valence-corrected chi connectivity index (χ3v) is 3.22. The highest BCUT2D eigenvalue weighted by Crippen LogP contribution is 2.23. The van der Waals surface area contributed by atoms with E-state index in [4.69, 9.17) is 5.11 Å². The van der Waals surface area contributed by atoms with Gasteiger partial charge in [-0.25, -0.2) is 4.39 Å². The second kappa shape index (κ2) is 5.96. The molecule has 2 rings (SSSR count). The van der Waals surface area contributed by atoms with Crippen LogP contribution in [-0.2, 0) is 12.0 Å². The first-order chi connectivity index (χ1) is 9.51. The highest BCUT2D eigenvalue weighted by atomic mass is 19.1. The Hall–Kier alpha value is -2.01. The lowest BCUT2D eigenvalue weighted by Gasteiger charge is -2.25. The summed E-state index contributed by atoms with van der Waals surface area (Å²) in [5, 5.41) is 20.0. The number of halogens is 1. The van der Waals surface area contributed by atoms with Crippen molar-refractivity contribution in [1.82, 2.24) is 10.2 Å². The lowest BCUT2D eigenvalue weighted by molar-refractivity contribution is 0.275. The number of anilines is 1. The Bertz CT molecular complexity index is 552. The maximum absolute atomic E-state index is 12.9. The summed E-state index contributed by atoms with van der Waals surface area (Å²) < 4.78 is 12.9. The van der Waals surface area contributed by atoms with Gasteiger partial charge < -0.3 is 10.4 Å². The van der Waals surface area contributed by atoms with E-state index in [2.05, 4.69) is 29.4 Å². The van der Waals surface area contributed by atoms with Crippen LogP contribution in [0.25, 0.3) is 0 Å². The van der Waals surface area contributed by atoms with Crippen LogP contribution < -0.4 is 5.32 Å². The molecule has 0 spiro atoms. The molecule has 2 N–H and O–H groups in total. The van der Waals surface area contributed by atoms with Gasteiger partial charge in [0.25, 0.3) is 0 Å². The molecule has 0 bridgehead atoms. The number of hydrogen-bond donors (Lipinski definition) is 2. The van der Waals surface area contributed by atoms with Crippen molar-refractivity contribution in [3.8, 4) is 0 Å². The summed E-state index contributed by atoms with van der Waals surface area (Å²) in [5.74, 6) is 0.417. The first-order valence-corrected chi connectivity index (χ1v) is 6.45. The predicted octanol–water partition coefficient (Wildman–Crippen LogP) is 2.50. The van der Waals surface area contributed by atoms with Crippen molar-refractivity contribution in [3.05, 3.63) is 53.5 Å². The van der Waals surface area contributed by atoms with Gasteiger partial charge in [-0.3, -0.25) is 0 Å². The molecule has 0 atom stereocenters. The molecule has 20 heavy (non-hydrogen) atoms. The van der Waals surface area contributed by atoms with Gasteiger partial charge in [0.1, 0.15) is 11.6 Å². The van der Waals surface area contributed by atoms with Crippen LogP contribution in [-0.4, -0.2) is 21.8 Å². The van der Waals surface area contributed by atoms with Crippen LogP contribution in [0.2, 0.25) is 0 Å². The lowest BCUT2D eigenvalue weighted by Crippen LogP contribution is -2.28. The molecular formula is C15H18FN3O. The van der Waals surface area contributed by atoms with E-state index < -0.39 is 0 Å². The van der Waals surface area contributed by atoms with Crippen LogP contribution in [0.1, 0.15) is 25.1 Å². The molecule has 0 radical (unpaired) electrons. The van der Waals surface area contributed by atoms with Crippen molar-refractivity contribution in [3.63, 3.8) is 0 Å². The molecule has 0 aliphatic rings. The van der Waals surface area contributed by atoms with Gasteiger partial charge in [0, 0.05) is 12.0 Å². The minimum atomic E-state index is -0.233. The summed E-state index contributed by atoms with van der Waals surface area (Å²) in [6, 6.07) is 10.0. The lowest BCUT2D eigenvalue weighted by atomic mass is 9.84. The summed E-state index contributed by atoms with van der Waals surface area (Å²) in [5.41, 5.74) is 1.42. The standard InChI is InChI=1S/C15H18FN3O/c1-15(2,11-3-5-12(16)6-4-11)10-17-14-8-7-13(9-20)18-19-14/h3-8,20H,9-10H2,1-2H3,(H,17,19). The number of aliphatic hydroxyl groups excluding tert-OH is 1. The predicted molar refractivity (Wildman–Crippen MR) is 75.9 cm³/mol. The van der Waals surface area contributed by atoms with Gasteiger partial charge in [0.2, 0.25) is 0 Å². The summed E-state index contributed by atoms with van der Waals surface area (Å²) in [6.07, 6.45) is 0. The van der Waals surface area contributed by atoms with Gasteiger partial charge in [-0.15, -0.1) is 5.10 Å². The van der Waals surface area contributed by atoms with Gasteiger partial charge in [-0.05, 0) is 29.8 Å². The average Bonchev–Trinajstić information content (AvgIpc) is 2.46. The van der Waals surface area contributed by atoms with E-state index in [0.29, 0.717) is 18.1 Å². The van der Waals surface area contributed by atoms with E-state index >= 15 is 0 Å². The molecule has 2 aromatic rings. The number of aliphatic hydroxyl groups is 1. The highest BCUT2D eigenvalue weighted by Gasteiger charge is 2.20. The van der Waals surface area contributed by atoms with Crippen LogP contribution in [0.5, 0.6) is 0 Å². The van der Waals surface area contributed by atoms with Crippen LogP contribution in [0.15, 0.2) is 36.4 Å². The molecule has 1 heterocycles. The van der Waals surface area contributed by atoms with Gasteiger partial charge in [0.05, 0.1) is 12.3 Å². The fourth-order valence-corrected chi connectivity index (χ4v) is 1.85. The maximum Gasteiger partial charge on any atom is 0.148 e. The van der Waals surface area contributed by atoms with Gasteiger partial charge in [-0.1, -0.05) is 26.0 Å². The van der Waals surface area contributed by atoms with E-state index in [1.165, 1.54) is 12.1 Å². The van der Waals surface area contributed by atoms with Crippen LogP contribution in [0, 0.1) is 5.82 Å². The molecule has 1 aromatic heterocycles. The molecule has 106 valence electrons. The zero-order valence-corrected chi connectivity index (χ0v) is 11.6. The zero-order chi connectivity index (χ0) is 14.6. The Morgan fingerprint density at radius 2 is 1.80 bits per heavy atom. The normalized spacial score (nSPS) is 11.4. The number of nitrogens with zero attached hydrogens (tertiary/aromatic N) is 2. The second-order valence-corrected chi connectivity index (χ2v) is 5.31. The van der Waals surface area contributed by atoms with Crippen molar-refractivity contribution >= 4 is 5.82 Å². The summed E-state index contributed by atoms with van der Waals surface area (Å²) >= 11 is 0. The number of aromatic nitrogens is 2. The number of benzene rings is 1. The van der Waals surface area contributed by atoms with E-state index in [0.717, 1.165) is 5.56 Å². The van der Waals surface area contributed by atoms with Crippen molar-refractivity contribution in [2.75, 3.05) is 11.9 Å². The third kappa shape index (κ3) is 3.51. The minimum Gasteiger partial charge on any atom is -0.390 e. The number of hydrogen-bond acceptors (Lipinski definition) is 4. The Kier molecular flexibility index (Phi) is 4.29. The van der Waals surface area contributed by atoms with Crippen molar-refractivity contribution in [2.45, 2.75) is 25.9 Å². The van der Waals surface area contributed by atoms with Crippen molar-refractivity contribution in [1.29, 1.82) is 0 Å². The first kappa shape index (κ1) is 14.4. The Morgan fingerprint density at radius 1 is 1.10 bits per heavy atom. The fraction of sp³-hybridized carbons (Fsp3) is 0.333. The topological polar surface area (TPSA) is 58.0 Å². The molecular weight excluding hydrogens is 257 g/mol. The van der Waals surface area contributed by atoms with E-state index in [1.807, 2.05) is 0 Å². The summed E-state index contributed by atoms with van der Waals surface area (Å²) in [4.78, 5) is 0. The number of rotatable bonds is 5. The monoisotopic (exact) mass is 275 g/mol. The van der Waals surface area contributed by atoms with E-state index in [1.54, 1.807) is 24.3 Å². The molecule has 0 amide bonds. The van der Waals surface area contributed by atoms with E-state index in [9.17, 15) is 4.39 Å². The first-order valence-electron chi connectivity index (χ1n) is 6.45. The molecule has 1 aromatic carbocycles. The molecule has 0 fully saturated rings. The van der Waals surface area contributed by atoms with Gasteiger partial charge in [-0.2, -0.15) is 5.10 Å². The maximum atomic E-state index is 12.9. The molecule has 4 nitrogen and oxygen atoms in total. The van der Waals surface area contributed by atoms with E-state index in [-0.39, 0.29) is 17.8 Å². The van der Waals surface area contributed by atoms with Crippen LogP contribution >= 0.6 is 0 Å². The fourth-order valence-electron chi connectivity index (χ4n) is 1.85. The van der Waals surface area contributed by atoms with Crippen molar-refractivity contribution in [2.24, 2.45) is 0 Å². The Labute approximate surface area is 117 Å². The quantitative estimate of drug-likeness (QED) is 0.880. The molecule has 0 aliphatic heterocycles. The van der Waals surface area contributed by atoms with Crippen LogP contribution in [0.3, 0.4) is 0 Å².